The summed E-state index contributed by atoms with van der Waals surface area (Å²) in [5.41, 5.74) is 0.422. The largest absolute Gasteiger partial charge is 0.360 e. The van der Waals surface area contributed by atoms with Crippen LogP contribution in [0.15, 0.2) is 22.7 Å². The van der Waals surface area contributed by atoms with Crippen LogP contribution in [0.2, 0.25) is 5.02 Å². The Bertz CT molecular complexity index is 665. The molecular weight excluding hydrogens is 307 g/mol. The first kappa shape index (κ1) is 16.5. The van der Waals surface area contributed by atoms with Gasteiger partial charge in [-0.2, -0.15) is 0 Å². The van der Waals surface area contributed by atoms with Crippen LogP contribution in [-0.4, -0.2) is 17.1 Å². The van der Waals surface area contributed by atoms with E-state index in [1.54, 1.807) is 13.0 Å². The Hall–Kier alpha value is -1.88. The highest BCUT2D eigenvalue weighted by molar-refractivity contribution is 6.33. The van der Waals surface area contributed by atoms with Crippen LogP contribution >= 0.6 is 11.6 Å². The average molecular weight is 325 g/mol. The molecule has 0 unspecified atom stereocenters. The lowest BCUT2D eigenvalue weighted by Gasteiger charge is -2.13. The van der Waals surface area contributed by atoms with Crippen molar-refractivity contribution in [3.63, 3.8) is 0 Å². The van der Waals surface area contributed by atoms with Crippen molar-refractivity contribution in [3.05, 3.63) is 40.4 Å². The number of carbonyl (C=O) groups excluding carboxylic acids is 1. The van der Waals surface area contributed by atoms with Gasteiger partial charge in [-0.15, -0.1) is 0 Å². The Kier molecular flexibility index (Phi) is 5.19. The number of benzene rings is 1. The molecule has 1 amide bonds. The molecule has 0 saturated heterocycles. The van der Waals surface area contributed by atoms with E-state index in [2.05, 4.69) is 10.5 Å². The number of nitrogens with one attached hydrogen (secondary N) is 1. The number of hydrogen-bond acceptors (Lipinski definition) is 3. The van der Waals surface area contributed by atoms with Crippen molar-refractivity contribution in [1.29, 1.82) is 0 Å². The number of aromatic nitrogens is 1. The standard InChI is InChI=1S/C16H18ClFN2O2/c1-4-6-9(2)19-16(21)13-10(3)22-20-15(13)14-11(17)7-5-8-12(14)18/h5,7-9H,4,6H2,1-3H3,(H,19,21)/t9-/m1/s1. The highest BCUT2D eigenvalue weighted by Crippen LogP contribution is 2.33. The molecule has 1 heterocycles. The third-order valence-electron chi connectivity index (χ3n) is 3.39. The maximum absolute atomic E-state index is 14.1. The minimum absolute atomic E-state index is 0.00995. The number of carbonyl (C=O) groups is 1. The second-order valence-corrected chi connectivity index (χ2v) is 5.63. The smallest absolute Gasteiger partial charge is 0.257 e. The highest BCUT2D eigenvalue weighted by atomic mass is 35.5. The van der Waals surface area contributed by atoms with Gasteiger partial charge in [0.1, 0.15) is 22.8 Å². The normalized spacial score (nSPS) is 12.2. The molecule has 1 aromatic heterocycles. The number of amides is 1. The number of halogens is 2. The fourth-order valence-electron chi connectivity index (χ4n) is 2.34. The van der Waals surface area contributed by atoms with E-state index in [1.165, 1.54) is 12.1 Å². The van der Waals surface area contributed by atoms with Crippen LogP contribution in [0, 0.1) is 12.7 Å². The van der Waals surface area contributed by atoms with Gasteiger partial charge in [0.05, 0.1) is 10.6 Å². The highest BCUT2D eigenvalue weighted by Gasteiger charge is 2.25. The molecule has 4 nitrogen and oxygen atoms in total. The maximum atomic E-state index is 14.1. The van der Waals surface area contributed by atoms with Crippen molar-refractivity contribution in [3.8, 4) is 11.3 Å². The van der Waals surface area contributed by atoms with Crippen LogP contribution in [0.5, 0.6) is 0 Å². The number of aryl methyl sites for hydroxylation is 1. The fraction of sp³-hybridized carbons (Fsp3) is 0.375. The molecular formula is C16H18ClFN2O2. The minimum atomic E-state index is -0.545. The first-order valence-electron chi connectivity index (χ1n) is 7.17. The Morgan fingerprint density at radius 1 is 1.50 bits per heavy atom. The molecule has 1 N–H and O–H groups in total. The van der Waals surface area contributed by atoms with Crippen LogP contribution in [0.1, 0.15) is 42.8 Å². The lowest BCUT2D eigenvalue weighted by atomic mass is 10.0. The average Bonchev–Trinajstić information content (AvgIpc) is 2.80. The second-order valence-electron chi connectivity index (χ2n) is 5.22. The van der Waals surface area contributed by atoms with Gasteiger partial charge in [0, 0.05) is 6.04 Å². The van der Waals surface area contributed by atoms with E-state index in [4.69, 9.17) is 16.1 Å². The lowest BCUT2D eigenvalue weighted by molar-refractivity contribution is 0.0937. The molecule has 0 spiro atoms. The van der Waals surface area contributed by atoms with Crippen molar-refractivity contribution < 1.29 is 13.7 Å². The third kappa shape index (κ3) is 3.30. The van der Waals surface area contributed by atoms with Gasteiger partial charge >= 0.3 is 0 Å². The second kappa shape index (κ2) is 6.92. The van der Waals surface area contributed by atoms with Gasteiger partial charge < -0.3 is 9.84 Å². The molecule has 1 atom stereocenters. The minimum Gasteiger partial charge on any atom is -0.360 e. The molecule has 0 bridgehead atoms. The third-order valence-corrected chi connectivity index (χ3v) is 3.70. The van der Waals surface area contributed by atoms with Crippen LogP contribution in [0.3, 0.4) is 0 Å². The number of hydrogen-bond donors (Lipinski definition) is 1. The summed E-state index contributed by atoms with van der Waals surface area (Å²) >= 11 is 6.05. The van der Waals surface area contributed by atoms with Gasteiger partial charge in [-0.3, -0.25) is 4.79 Å². The van der Waals surface area contributed by atoms with Crippen molar-refractivity contribution in [1.82, 2.24) is 10.5 Å². The lowest BCUT2D eigenvalue weighted by Crippen LogP contribution is -2.32. The summed E-state index contributed by atoms with van der Waals surface area (Å²) in [6.07, 6.45) is 1.81. The van der Waals surface area contributed by atoms with E-state index >= 15 is 0 Å². The monoisotopic (exact) mass is 324 g/mol. The zero-order valence-electron chi connectivity index (χ0n) is 12.7. The van der Waals surface area contributed by atoms with E-state index in [0.29, 0.717) is 5.76 Å². The molecule has 2 aromatic rings. The van der Waals surface area contributed by atoms with Crippen molar-refractivity contribution in [2.45, 2.75) is 39.7 Å². The molecule has 2 rings (SSSR count). The zero-order valence-corrected chi connectivity index (χ0v) is 13.5. The summed E-state index contributed by atoms with van der Waals surface area (Å²) in [6.45, 7) is 5.57. The van der Waals surface area contributed by atoms with Crippen LogP contribution < -0.4 is 5.32 Å². The molecule has 0 radical (unpaired) electrons. The van der Waals surface area contributed by atoms with Gasteiger partial charge in [0.2, 0.25) is 0 Å². The molecule has 0 fully saturated rings. The first-order valence-corrected chi connectivity index (χ1v) is 7.55. The van der Waals surface area contributed by atoms with Crippen LogP contribution in [0.4, 0.5) is 4.39 Å². The van der Waals surface area contributed by atoms with Gasteiger partial charge in [0.25, 0.3) is 5.91 Å². The predicted molar refractivity (Wildman–Crippen MR) is 83.5 cm³/mol. The Morgan fingerprint density at radius 3 is 2.86 bits per heavy atom. The SMILES string of the molecule is CCC[C@@H](C)NC(=O)c1c(-c2c(F)cccc2Cl)noc1C. The Labute approximate surface area is 133 Å². The molecule has 0 saturated carbocycles. The van der Waals surface area contributed by atoms with E-state index in [0.717, 1.165) is 12.8 Å². The summed E-state index contributed by atoms with van der Waals surface area (Å²) in [4.78, 5) is 12.5. The van der Waals surface area contributed by atoms with E-state index in [9.17, 15) is 9.18 Å². The van der Waals surface area contributed by atoms with E-state index in [-0.39, 0.29) is 33.8 Å². The van der Waals surface area contributed by atoms with Crippen LogP contribution in [-0.2, 0) is 0 Å². The quantitative estimate of drug-likeness (QED) is 0.889. The van der Waals surface area contributed by atoms with Crippen molar-refractivity contribution in [2.24, 2.45) is 0 Å². The van der Waals surface area contributed by atoms with Gasteiger partial charge in [-0.05, 0) is 32.4 Å². The first-order chi connectivity index (χ1) is 10.5. The fourth-order valence-corrected chi connectivity index (χ4v) is 2.59. The predicted octanol–water partition coefficient (Wildman–Crippen LogP) is 4.36. The van der Waals surface area contributed by atoms with Crippen molar-refractivity contribution >= 4 is 17.5 Å². The molecule has 1 aromatic carbocycles. The summed E-state index contributed by atoms with van der Waals surface area (Å²) in [7, 11) is 0. The summed E-state index contributed by atoms with van der Waals surface area (Å²) in [5, 5.41) is 6.87. The maximum Gasteiger partial charge on any atom is 0.257 e. The zero-order chi connectivity index (χ0) is 16.3. The summed E-state index contributed by atoms with van der Waals surface area (Å²) in [5.74, 6) is -0.555. The number of nitrogens with zero attached hydrogens (tertiary/aromatic N) is 1. The van der Waals surface area contributed by atoms with E-state index < -0.39 is 5.82 Å². The van der Waals surface area contributed by atoms with Gasteiger partial charge in [-0.1, -0.05) is 36.2 Å². The molecule has 0 aliphatic heterocycles. The summed E-state index contributed by atoms with van der Waals surface area (Å²) in [6, 6.07) is 4.32. The molecule has 22 heavy (non-hydrogen) atoms. The van der Waals surface area contributed by atoms with Crippen LogP contribution in [0.25, 0.3) is 11.3 Å². The van der Waals surface area contributed by atoms with Gasteiger partial charge in [0.15, 0.2) is 0 Å². The van der Waals surface area contributed by atoms with Gasteiger partial charge in [-0.25, -0.2) is 4.39 Å². The summed E-state index contributed by atoms with van der Waals surface area (Å²) < 4.78 is 19.2. The molecule has 0 aliphatic rings. The molecule has 0 aliphatic carbocycles. The molecule has 6 heteroatoms. The molecule has 118 valence electrons. The van der Waals surface area contributed by atoms with E-state index in [1.807, 2.05) is 13.8 Å². The Balaban J connectivity index is 2.42. The van der Waals surface area contributed by atoms with Crippen molar-refractivity contribution in [2.75, 3.05) is 0 Å². The number of rotatable bonds is 5. The Morgan fingerprint density at radius 2 is 2.23 bits per heavy atom. The topological polar surface area (TPSA) is 55.1 Å².